The second-order valence-electron chi connectivity index (χ2n) is 5.03. The third-order valence-corrected chi connectivity index (χ3v) is 3.16. The summed E-state index contributed by atoms with van der Waals surface area (Å²) in [4.78, 5) is 0. The van der Waals surface area contributed by atoms with Crippen molar-refractivity contribution in [1.29, 1.82) is 0 Å². The standard InChI is InChI=1S/C16H21NO2/c1-11(2)16-7-6-13(8-12(16)3)18-10-15-5-4-14(9-17)19-15/h4-8,11H,9-10,17H2,1-3H3. The van der Waals surface area contributed by atoms with Gasteiger partial charge in [0.2, 0.25) is 0 Å². The molecule has 102 valence electrons. The minimum Gasteiger partial charge on any atom is -0.486 e. The summed E-state index contributed by atoms with van der Waals surface area (Å²) in [5, 5.41) is 0. The molecule has 0 aliphatic carbocycles. The van der Waals surface area contributed by atoms with Gasteiger partial charge in [0, 0.05) is 0 Å². The molecule has 0 bridgehead atoms. The highest BCUT2D eigenvalue weighted by molar-refractivity contribution is 5.36. The minimum absolute atomic E-state index is 0.419. The average Bonchev–Trinajstić information content (AvgIpc) is 2.84. The van der Waals surface area contributed by atoms with Crippen molar-refractivity contribution in [3.05, 3.63) is 53.0 Å². The van der Waals surface area contributed by atoms with Gasteiger partial charge in [0.15, 0.2) is 0 Å². The monoisotopic (exact) mass is 259 g/mol. The van der Waals surface area contributed by atoms with Crippen molar-refractivity contribution in [1.82, 2.24) is 0 Å². The Morgan fingerprint density at radius 1 is 1.16 bits per heavy atom. The Labute approximate surface area is 114 Å². The maximum Gasteiger partial charge on any atom is 0.146 e. The van der Waals surface area contributed by atoms with Gasteiger partial charge in [-0.3, -0.25) is 0 Å². The lowest BCUT2D eigenvalue weighted by molar-refractivity contribution is 0.266. The molecule has 3 nitrogen and oxygen atoms in total. The number of hydrogen-bond acceptors (Lipinski definition) is 3. The molecule has 0 amide bonds. The Bertz CT molecular complexity index is 543. The first-order valence-corrected chi connectivity index (χ1v) is 6.61. The molecule has 19 heavy (non-hydrogen) atoms. The first-order valence-electron chi connectivity index (χ1n) is 6.61. The smallest absolute Gasteiger partial charge is 0.146 e. The molecule has 0 aliphatic heterocycles. The molecule has 0 aliphatic rings. The summed E-state index contributed by atoms with van der Waals surface area (Å²) in [7, 11) is 0. The SMILES string of the molecule is Cc1cc(OCc2ccc(CN)o2)ccc1C(C)C. The highest BCUT2D eigenvalue weighted by atomic mass is 16.5. The van der Waals surface area contributed by atoms with Gasteiger partial charge in [-0.2, -0.15) is 0 Å². The third kappa shape index (κ3) is 3.38. The maximum absolute atomic E-state index is 5.73. The lowest BCUT2D eigenvalue weighted by atomic mass is 9.98. The molecule has 2 N–H and O–H groups in total. The molecule has 0 fully saturated rings. The fraction of sp³-hybridized carbons (Fsp3) is 0.375. The van der Waals surface area contributed by atoms with E-state index in [9.17, 15) is 0 Å². The zero-order chi connectivity index (χ0) is 13.8. The van der Waals surface area contributed by atoms with Crippen molar-refractivity contribution >= 4 is 0 Å². The Kier molecular flexibility index (Phi) is 4.27. The summed E-state index contributed by atoms with van der Waals surface area (Å²) >= 11 is 0. The van der Waals surface area contributed by atoms with Crippen LogP contribution in [0.25, 0.3) is 0 Å². The van der Waals surface area contributed by atoms with Crippen molar-refractivity contribution in [3.63, 3.8) is 0 Å². The van der Waals surface area contributed by atoms with Crippen molar-refractivity contribution in [2.75, 3.05) is 0 Å². The van der Waals surface area contributed by atoms with Gasteiger partial charge < -0.3 is 14.9 Å². The lowest BCUT2D eigenvalue weighted by Gasteiger charge is -2.11. The number of rotatable bonds is 5. The molecule has 0 unspecified atom stereocenters. The van der Waals surface area contributed by atoms with Crippen molar-refractivity contribution in [2.24, 2.45) is 5.73 Å². The largest absolute Gasteiger partial charge is 0.486 e. The molecule has 1 heterocycles. The number of nitrogens with two attached hydrogens (primary N) is 1. The van der Waals surface area contributed by atoms with E-state index in [0.717, 1.165) is 17.3 Å². The van der Waals surface area contributed by atoms with Crippen LogP contribution in [0.1, 0.15) is 42.4 Å². The van der Waals surface area contributed by atoms with Crippen molar-refractivity contribution in [2.45, 2.75) is 39.8 Å². The predicted molar refractivity (Wildman–Crippen MR) is 76.2 cm³/mol. The van der Waals surface area contributed by atoms with E-state index in [1.54, 1.807) is 0 Å². The predicted octanol–water partition coefficient (Wildman–Crippen LogP) is 3.75. The van der Waals surface area contributed by atoms with Crippen LogP contribution in [0.3, 0.4) is 0 Å². The van der Waals surface area contributed by atoms with E-state index in [1.165, 1.54) is 11.1 Å². The molecule has 1 aromatic heterocycles. The fourth-order valence-corrected chi connectivity index (χ4v) is 2.15. The van der Waals surface area contributed by atoms with Gasteiger partial charge in [0.05, 0.1) is 6.54 Å². The van der Waals surface area contributed by atoms with Crippen LogP contribution in [0, 0.1) is 6.92 Å². The molecule has 0 spiro atoms. The first kappa shape index (κ1) is 13.7. The van der Waals surface area contributed by atoms with Gasteiger partial charge in [-0.1, -0.05) is 19.9 Å². The molecule has 0 saturated heterocycles. The van der Waals surface area contributed by atoms with Crippen LogP contribution in [0.4, 0.5) is 0 Å². The van der Waals surface area contributed by atoms with Gasteiger partial charge >= 0.3 is 0 Å². The molecule has 3 heteroatoms. The summed E-state index contributed by atoms with van der Waals surface area (Å²) < 4.78 is 11.2. The number of aryl methyl sites for hydroxylation is 1. The van der Waals surface area contributed by atoms with Crippen LogP contribution in [0.2, 0.25) is 0 Å². The summed E-state index contributed by atoms with van der Waals surface area (Å²) in [6.45, 7) is 7.35. The third-order valence-electron chi connectivity index (χ3n) is 3.16. The zero-order valence-corrected chi connectivity index (χ0v) is 11.8. The van der Waals surface area contributed by atoms with Crippen molar-refractivity contribution in [3.8, 4) is 5.75 Å². The summed E-state index contributed by atoms with van der Waals surface area (Å²) in [5.74, 6) is 2.98. The summed E-state index contributed by atoms with van der Waals surface area (Å²) in [6.07, 6.45) is 0. The molecular weight excluding hydrogens is 238 g/mol. The van der Waals surface area contributed by atoms with E-state index in [1.807, 2.05) is 18.2 Å². The van der Waals surface area contributed by atoms with E-state index < -0.39 is 0 Å². The maximum atomic E-state index is 5.73. The van der Waals surface area contributed by atoms with Gasteiger partial charge in [0.1, 0.15) is 23.9 Å². The van der Waals surface area contributed by atoms with Crippen LogP contribution >= 0.6 is 0 Å². The van der Waals surface area contributed by atoms with Crippen LogP contribution in [0.15, 0.2) is 34.7 Å². The van der Waals surface area contributed by atoms with Crippen molar-refractivity contribution < 1.29 is 9.15 Å². The van der Waals surface area contributed by atoms with Gasteiger partial charge in [0.25, 0.3) is 0 Å². The molecule has 0 radical (unpaired) electrons. The van der Waals surface area contributed by atoms with Gasteiger partial charge in [-0.15, -0.1) is 0 Å². The second-order valence-corrected chi connectivity index (χ2v) is 5.03. The quantitative estimate of drug-likeness (QED) is 0.889. The average molecular weight is 259 g/mol. The summed E-state index contributed by atoms with van der Waals surface area (Å²) in [5.41, 5.74) is 8.12. The van der Waals surface area contributed by atoms with E-state index in [4.69, 9.17) is 14.9 Å². The molecule has 2 aromatic rings. The van der Waals surface area contributed by atoms with E-state index in [0.29, 0.717) is 19.1 Å². The number of ether oxygens (including phenoxy) is 1. The number of hydrogen-bond donors (Lipinski definition) is 1. The number of furan rings is 1. The van der Waals surface area contributed by atoms with E-state index >= 15 is 0 Å². The topological polar surface area (TPSA) is 48.4 Å². The highest BCUT2D eigenvalue weighted by Crippen LogP contribution is 2.24. The molecule has 0 saturated carbocycles. The Hall–Kier alpha value is -1.74. The molecule has 1 aromatic carbocycles. The van der Waals surface area contributed by atoms with Crippen LogP contribution in [-0.2, 0) is 13.2 Å². The first-order chi connectivity index (χ1) is 9.10. The lowest BCUT2D eigenvalue weighted by Crippen LogP contribution is -1.97. The van der Waals surface area contributed by atoms with Crippen LogP contribution in [0.5, 0.6) is 5.75 Å². The van der Waals surface area contributed by atoms with Crippen LogP contribution < -0.4 is 10.5 Å². The van der Waals surface area contributed by atoms with E-state index in [2.05, 4.69) is 32.9 Å². The summed E-state index contributed by atoms with van der Waals surface area (Å²) in [6, 6.07) is 9.99. The normalized spacial score (nSPS) is 11.0. The van der Waals surface area contributed by atoms with Gasteiger partial charge in [-0.25, -0.2) is 0 Å². The van der Waals surface area contributed by atoms with E-state index in [-0.39, 0.29) is 0 Å². The Morgan fingerprint density at radius 3 is 2.47 bits per heavy atom. The fourth-order valence-electron chi connectivity index (χ4n) is 2.15. The number of benzene rings is 1. The van der Waals surface area contributed by atoms with Crippen LogP contribution in [-0.4, -0.2) is 0 Å². The van der Waals surface area contributed by atoms with Gasteiger partial charge in [-0.05, 0) is 48.2 Å². The zero-order valence-electron chi connectivity index (χ0n) is 11.8. The Morgan fingerprint density at radius 2 is 1.89 bits per heavy atom. The second kappa shape index (κ2) is 5.93. The highest BCUT2D eigenvalue weighted by Gasteiger charge is 2.06. The molecule has 0 atom stereocenters. The molecule has 2 rings (SSSR count). The Balaban J connectivity index is 2.01. The molecular formula is C16H21NO2. The minimum atomic E-state index is 0.419.